The third kappa shape index (κ3) is 6.54. The van der Waals surface area contributed by atoms with Crippen molar-refractivity contribution in [2.24, 2.45) is 0 Å². The van der Waals surface area contributed by atoms with Crippen LogP contribution in [0.3, 0.4) is 0 Å². The lowest BCUT2D eigenvalue weighted by molar-refractivity contribution is 0.315. The first kappa shape index (κ1) is 18.7. The zero-order chi connectivity index (χ0) is 15.8. The van der Waals surface area contributed by atoms with Gasteiger partial charge in [0.15, 0.2) is 0 Å². The van der Waals surface area contributed by atoms with E-state index in [1.165, 1.54) is 5.57 Å². The summed E-state index contributed by atoms with van der Waals surface area (Å²) in [5.74, 6) is 0.926. The Labute approximate surface area is 145 Å². The Morgan fingerprint density at radius 2 is 2.00 bits per heavy atom. The molecule has 0 aromatic heterocycles. The van der Waals surface area contributed by atoms with Crippen LogP contribution in [0.5, 0.6) is 5.75 Å². The second-order valence-electron chi connectivity index (χ2n) is 5.35. The molecular weight excluding hydrogens is 394 g/mol. The highest BCUT2D eigenvalue weighted by atomic mass is 79.9. The van der Waals surface area contributed by atoms with E-state index in [0.717, 1.165) is 46.3 Å². The van der Waals surface area contributed by atoms with E-state index in [-0.39, 0.29) is 0 Å². The lowest BCUT2D eigenvalue weighted by Gasteiger charge is -2.14. The van der Waals surface area contributed by atoms with Crippen LogP contribution in [0.1, 0.15) is 46.1 Å². The van der Waals surface area contributed by atoms with Crippen LogP contribution in [-0.4, -0.2) is 19.2 Å². The van der Waals surface area contributed by atoms with Crippen molar-refractivity contribution in [2.45, 2.75) is 46.6 Å². The molecule has 0 saturated heterocycles. The monoisotopic (exact) mass is 417 g/mol. The van der Waals surface area contributed by atoms with Gasteiger partial charge in [0.1, 0.15) is 5.75 Å². The predicted octanol–water partition coefficient (Wildman–Crippen LogP) is 5.79. The van der Waals surface area contributed by atoms with E-state index in [9.17, 15) is 0 Å². The normalized spacial score (nSPS) is 12.0. The molecule has 0 aliphatic heterocycles. The predicted molar refractivity (Wildman–Crippen MR) is 99.0 cm³/mol. The van der Waals surface area contributed by atoms with Crippen LogP contribution in [0.2, 0.25) is 0 Å². The fraction of sp³-hybridized carbons (Fsp3) is 0.529. The molecule has 0 unspecified atom stereocenters. The van der Waals surface area contributed by atoms with E-state index in [1.807, 2.05) is 6.07 Å². The minimum atomic E-state index is 0.491. The van der Waals surface area contributed by atoms with Gasteiger partial charge in [-0.1, -0.05) is 55.3 Å². The molecule has 0 amide bonds. The quantitative estimate of drug-likeness (QED) is 0.576. The lowest BCUT2D eigenvalue weighted by atomic mass is 10.1. The van der Waals surface area contributed by atoms with E-state index in [2.05, 4.69) is 77.0 Å². The van der Waals surface area contributed by atoms with Crippen LogP contribution in [0, 0.1) is 0 Å². The summed E-state index contributed by atoms with van der Waals surface area (Å²) in [5.41, 5.74) is 2.49. The van der Waals surface area contributed by atoms with Gasteiger partial charge < -0.3 is 10.1 Å². The van der Waals surface area contributed by atoms with Crippen molar-refractivity contribution in [3.63, 3.8) is 0 Å². The minimum absolute atomic E-state index is 0.491. The Kier molecular flexibility index (Phi) is 8.60. The Morgan fingerprint density at radius 1 is 1.29 bits per heavy atom. The summed E-state index contributed by atoms with van der Waals surface area (Å²) >= 11 is 7.16. The molecule has 1 rings (SSSR count). The molecule has 0 bridgehead atoms. The zero-order valence-corrected chi connectivity index (χ0v) is 16.5. The van der Waals surface area contributed by atoms with Crippen LogP contribution >= 0.6 is 31.9 Å². The maximum atomic E-state index is 5.91. The first-order chi connectivity index (χ1) is 9.97. The van der Waals surface area contributed by atoms with E-state index in [0.29, 0.717) is 6.04 Å². The molecule has 0 atom stereocenters. The standard InChI is InChI=1S/C17H25Br2NO/c1-5-7-21-17-14(9-15(18)10-16(17)19)8-13(6-2)11-20-12(3)4/h8-10,12,20H,5-7,11H2,1-4H3. The highest BCUT2D eigenvalue weighted by Crippen LogP contribution is 2.34. The molecule has 118 valence electrons. The first-order valence-corrected chi connectivity index (χ1v) is 9.11. The minimum Gasteiger partial charge on any atom is -0.492 e. The number of hydrogen-bond acceptors (Lipinski definition) is 2. The maximum absolute atomic E-state index is 5.91. The summed E-state index contributed by atoms with van der Waals surface area (Å²) in [6, 6.07) is 4.63. The molecule has 0 heterocycles. The van der Waals surface area contributed by atoms with Crippen molar-refractivity contribution in [2.75, 3.05) is 13.2 Å². The summed E-state index contributed by atoms with van der Waals surface area (Å²) in [4.78, 5) is 0. The van der Waals surface area contributed by atoms with Gasteiger partial charge in [0, 0.05) is 22.6 Å². The molecule has 1 N–H and O–H groups in total. The van der Waals surface area contributed by atoms with Gasteiger partial charge in [0.2, 0.25) is 0 Å². The Balaban J connectivity index is 3.07. The number of benzene rings is 1. The van der Waals surface area contributed by atoms with Crippen LogP contribution in [-0.2, 0) is 0 Å². The van der Waals surface area contributed by atoms with Crippen molar-refractivity contribution in [1.82, 2.24) is 5.32 Å². The highest BCUT2D eigenvalue weighted by molar-refractivity contribution is 9.11. The summed E-state index contributed by atoms with van der Waals surface area (Å²) in [7, 11) is 0. The molecule has 0 aliphatic carbocycles. The molecule has 0 fully saturated rings. The van der Waals surface area contributed by atoms with Gasteiger partial charge in [-0.25, -0.2) is 0 Å². The number of rotatable bonds is 8. The maximum Gasteiger partial charge on any atom is 0.140 e. The summed E-state index contributed by atoms with van der Waals surface area (Å²) in [5, 5.41) is 3.48. The van der Waals surface area contributed by atoms with Gasteiger partial charge in [-0.2, -0.15) is 0 Å². The van der Waals surface area contributed by atoms with Crippen LogP contribution < -0.4 is 10.1 Å². The van der Waals surface area contributed by atoms with Crippen molar-refractivity contribution < 1.29 is 4.74 Å². The smallest absolute Gasteiger partial charge is 0.140 e. The van der Waals surface area contributed by atoms with E-state index in [4.69, 9.17) is 4.74 Å². The molecule has 4 heteroatoms. The number of halogens is 2. The molecule has 0 aliphatic rings. The third-order valence-corrected chi connectivity index (χ3v) is 4.09. The molecule has 2 nitrogen and oxygen atoms in total. The first-order valence-electron chi connectivity index (χ1n) is 7.52. The third-order valence-electron chi connectivity index (χ3n) is 3.04. The van der Waals surface area contributed by atoms with Crippen molar-refractivity contribution >= 4 is 37.9 Å². The van der Waals surface area contributed by atoms with Crippen LogP contribution in [0.15, 0.2) is 26.7 Å². The fourth-order valence-electron chi connectivity index (χ4n) is 1.88. The number of nitrogens with one attached hydrogen (secondary N) is 1. The van der Waals surface area contributed by atoms with Crippen LogP contribution in [0.4, 0.5) is 0 Å². The summed E-state index contributed by atoms with van der Waals surface area (Å²) in [6.45, 7) is 10.3. The second kappa shape index (κ2) is 9.65. The Morgan fingerprint density at radius 3 is 2.57 bits per heavy atom. The number of hydrogen-bond donors (Lipinski definition) is 1. The van der Waals surface area contributed by atoms with E-state index < -0.39 is 0 Å². The molecule has 0 spiro atoms. The van der Waals surface area contributed by atoms with Gasteiger partial charge in [-0.15, -0.1) is 0 Å². The summed E-state index contributed by atoms with van der Waals surface area (Å²) in [6.07, 6.45) is 4.26. The average molecular weight is 419 g/mol. The van der Waals surface area contributed by atoms with Gasteiger partial charge in [-0.3, -0.25) is 0 Å². The second-order valence-corrected chi connectivity index (χ2v) is 7.12. The summed E-state index contributed by atoms with van der Waals surface area (Å²) < 4.78 is 7.95. The van der Waals surface area contributed by atoms with Gasteiger partial charge >= 0.3 is 0 Å². The fourth-order valence-corrected chi connectivity index (χ4v) is 3.25. The average Bonchev–Trinajstić information content (AvgIpc) is 2.42. The molecule has 21 heavy (non-hydrogen) atoms. The van der Waals surface area contributed by atoms with Gasteiger partial charge in [-0.05, 0) is 40.9 Å². The van der Waals surface area contributed by atoms with E-state index in [1.54, 1.807) is 0 Å². The number of ether oxygens (including phenoxy) is 1. The van der Waals surface area contributed by atoms with Crippen molar-refractivity contribution in [3.8, 4) is 5.75 Å². The molecular formula is C17H25Br2NO. The zero-order valence-electron chi connectivity index (χ0n) is 13.3. The molecule has 0 saturated carbocycles. The van der Waals surface area contributed by atoms with Crippen molar-refractivity contribution in [1.29, 1.82) is 0 Å². The van der Waals surface area contributed by atoms with Gasteiger partial charge in [0.05, 0.1) is 11.1 Å². The lowest BCUT2D eigenvalue weighted by Crippen LogP contribution is -2.24. The Hall–Kier alpha value is -0.320. The molecule has 0 radical (unpaired) electrons. The van der Waals surface area contributed by atoms with E-state index >= 15 is 0 Å². The molecule has 1 aromatic carbocycles. The largest absolute Gasteiger partial charge is 0.492 e. The van der Waals surface area contributed by atoms with Gasteiger partial charge in [0.25, 0.3) is 0 Å². The Bertz CT molecular complexity index is 484. The van der Waals surface area contributed by atoms with Crippen LogP contribution in [0.25, 0.3) is 6.08 Å². The highest BCUT2D eigenvalue weighted by Gasteiger charge is 2.09. The topological polar surface area (TPSA) is 21.3 Å². The SMILES string of the molecule is CCCOc1c(Br)cc(Br)cc1C=C(CC)CNC(C)C. The molecule has 1 aromatic rings. The van der Waals surface area contributed by atoms with Crippen molar-refractivity contribution in [3.05, 3.63) is 32.2 Å².